The van der Waals surface area contributed by atoms with Gasteiger partial charge in [0.05, 0.1) is 39.4 Å². The molecule has 3 aromatic rings. The van der Waals surface area contributed by atoms with Crippen LogP contribution < -0.4 is 29.1 Å². The summed E-state index contributed by atoms with van der Waals surface area (Å²) < 4.78 is 26.7. The number of fused-ring (bicyclic) bond motifs is 1. The SMILES string of the molecule is COc1ccc(C(=O)Oc2c(OC)c(OC)cc3cccc(OC)c(=O)c23)cc1. The summed E-state index contributed by atoms with van der Waals surface area (Å²) in [4.78, 5) is 25.8. The van der Waals surface area contributed by atoms with Crippen molar-refractivity contribution in [3.05, 3.63) is 64.3 Å². The smallest absolute Gasteiger partial charge is 0.343 e. The highest BCUT2D eigenvalue weighted by atomic mass is 16.6. The van der Waals surface area contributed by atoms with Gasteiger partial charge in [-0.25, -0.2) is 4.79 Å². The lowest BCUT2D eigenvalue weighted by Gasteiger charge is -2.15. The van der Waals surface area contributed by atoms with Gasteiger partial charge in [-0.15, -0.1) is 0 Å². The van der Waals surface area contributed by atoms with Crippen LogP contribution in [0.4, 0.5) is 0 Å². The molecule has 0 atom stereocenters. The van der Waals surface area contributed by atoms with Gasteiger partial charge in [0.15, 0.2) is 17.2 Å². The van der Waals surface area contributed by atoms with Crippen molar-refractivity contribution in [3.8, 4) is 28.7 Å². The van der Waals surface area contributed by atoms with Gasteiger partial charge in [0.1, 0.15) is 5.75 Å². The summed E-state index contributed by atoms with van der Waals surface area (Å²) in [5.74, 6) is 0.459. The molecule has 0 saturated carbocycles. The minimum absolute atomic E-state index is 0.0397. The molecule has 29 heavy (non-hydrogen) atoms. The summed E-state index contributed by atoms with van der Waals surface area (Å²) >= 11 is 0. The van der Waals surface area contributed by atoms with E-state index in [4.69, 9.17) is 23.7 Å². The molecule has 3 rings (SSSR count). The standard InChI is InChI=1S/C22H20O7/c1-25-15-10-8-13(9-11-15)22(24)29-21-18-14(12-17(27-3)20(21)28-4)6-5-7-16(26-2)19(18)23/h5-12H,1-4H3. The van der Waals surface area contributed by atoms with Gasteiger partial charge in [0.25, 0.3) is 0 Å². The van der Waals surface area contributed by atoms with Gasteiger partial charge in [-0.05, 0) is 41.8 Å². The van der Waals surface area contributed by atoms with E-state index in [0.717, 1.165) is 0 Å². The van der Waals surface area contributed by atoms with E-state index in [1.54, 1.807) is 42.5 Å². The fraction of sp³-hybridized carbons (Fsp3) is 0.182. The van der Waals surface area contributed by atoms with Crippen LogP contribution in [0.1, 0.15) is 10.4 Å². The number of benzene rings is 2. The summed E-state index contributed by atoms with van der Waals surface area (Å²) in [6.45, 7) is 0. The van der Waals surface area contributed by atoms with Gasteiger partial charge in [-0.2, -0.15) is 0 Å². The topological polar surface area (TPSA) is 80.3 Å². The number of carbonyl (C=O) groups is 1. The van der Waals surface area contributed by atoms with E-state index < -0.39 is 11.4 Å². The molecule has 0 heterocycles. The third kappa shape index (κ3) is 3.80. The maximum absolute atomic E-state index is 13.0. The molecule has 0 aliphatic carbocycles. The van der Waals surface area contributed by atoms with Crippen LogP contribution in [0.15, 0.2) is 53.3 Å². The molecule has 0 bridgehead atoms. The first-order valence-corrected chi connectivity index (χ1v) is 8.66. The number of esters is 1. The number of carbonyl (C=O) groups excluding carboxylic acids is 1. The zero-order valence-corrected chi connectivity index (χ0v) is 16.5. The van der Waals surface area contributed by atoms with Crippen molar-refractivity contribution in [1.29, 1.82) is 0 Å². The largest absolute Gasteiger partial charge is 0.497 e. The fourth-order valence-corrected chi connectivity index (χ4v) is 2.92. The zero-order chi connectivity index (χ0) is 21.0. The van der Waals surface area contributed by atoms with Crippen LogP contribution in [0.3, 0.4) is 0 Å². The van der Waals surface area contributed by atoms with E-state index >= 15 is 0 Å². The van der Waals surface area contributed by atoms with Crippen molar-refractivity contribution < 1.29 is 28.5 Å². The second kappa shape index (κ2) is 8.52. The molecule has 0 amide bonds. The Morgan fingerprint density at radius 1 is 0.759 bits per heavy atom. The number of hydrogen-bond donors (Lipinski definition) is 0. The molecule has 0 aliphatic rings. The number of hydrogen-bond acceptors (Lipinski definition) is 7. The predicted molar refractivity (Wildman–Crippen MR) is 108 cm³/mol. The van der Waals surface area contributed by atoms with Crippen molar-refractivity contribution in [3.63, 3.8) is 0 Å². The highest BCUT2D eigenvalue weighted by Gasteiger charge is 2.23. The van der Waals surface area contributed by atoms with Gasteiger partial charge < -0.3 is 23.7 Å². The van der Waals surface area contributed by atoms with Crippen LogP contribution in [0, 0.1) is 0 Å². The van der Waals surface area contributed by atoms with Crippen LogP contribution >= 0.6 is 0 Å². The van der Waals surface area contributed by atoms with Crippen LogP contribution in [0.2, 0.25) is 0 Å². The third-order valence-electron chi connectivity index (χ3n) is 4.37. The Balaban J connectivity index is 2.24. The van der Waals surface area contributed by atoms with Gasteiger partial charge in [0.2, 0.25) is 11.2 Å². The first-order chi connectivity index (χ1) is 14.0. The monoisotopic (exact) mass is 396 g/mol. The summed E-state index contributed by atoms with van der Waals surface area (Å²) in [7, 11) is 5.79. The van der Waals surface area contributed by atoms with E-state index in [0.29, 0.717) is 16.9 Å². The van der Waals surface area contributed by atoms with Crippen LogP contribution in [-0.2, 0) is 0 Å². The van der Waals surface area contributed by atoms with E-state index in [1.807, 2.05) is 0 Å². The molecule has 3 aromatic carbocycles. The highest BCUT2D eigenvalue weighted by molar-refractivity contribution is 5.98. The molecule has 0 radical (unpaired) electrons. The third-order valence-corrected chi connectivity index (χ3v) is 4.37. The lowest BCUT2D eigenvalue weighted by atomic mass is 10.1. The molecular formula is C22H20O7. The van der Waals surface area contributed by atoms with E-state index in [9.17, 15) is 9.59 Å². The molecule has 0 N–H and O–H groups in total. The maximum atomic E-state index is 13.0. The van der Waals surface area contributed by atoms with Gasteiger partial charge in [0, 0.05) is 0 Å². The van der Waals surface area contributed by atoms with Gasteiger partial charge in [-0.3, -0.25) is 4.79 Å². The van der Waals surface area contributed by atoms with Gasteiger partial charge in [-0.1, -0.05) is 12.1 Å². The number of ether oxygens (including phenoxy) is 5. The van der Waals surface area contributed by atoms with Crippen molar-refractivity contribution in [2.75, 3.05) is 28.4 Å². The Kier molecular flexibility index (Phi) is 5.87. The number of rotatable bonds is 6. The van der Waals surface area contributed by atoms with Crippen molar-refractivity contribution in [2.24, 2.45) is 0 Å². The van der Waals surface area contributed by atoms with Crippen molar-refractivity contribution in [1.82, 2.24) is 0 Å². The second-order valence-electron chi connectivity index (χ2n) is 5.95. The van der Waals surface area contributed by atoms with E-state index in [-0.39, 0.29) is 28.2 Å². The molecule has 7 nitrogen and oxygen atoms in total. The normalized spacial score (nSPS) is 10.3. The van der Waals surface area contributed by atoms with Crippen LogP contribution in [-0.4, -0.2) is 34.4 Å². The molecular weight excluding hydrogens is 376 g/mol. The molecule has 150 valence electrons. The maximum Gasteiger partial charge on any atom is 0.343 e. The molecule has 0 aromatic heterocycles. The van der Waals surface area contributed by atoms with Crippen molar-refractivity contribution in [2.45, 2.75) is 0 Å². The summed E-state index contributed by atoms with van der Waals surface area (Å²) in [5.41, 5.74) is -0.158. The first kappa shape index (κ1) is 20.0. The Morgan fingerprint density at radius 2 is 1.45 bits per heavy atom. The zero-order valence-electron chi connectivity index (χ0n) is 16.5. The molecule has 0 saturated heterocycles. The molecule has 0 aliphatic heterocycles. The fourth-order valence-electron chi connectivity index (χ4n) is 2.92. The first-order valence-electron chi connectivity index (χ1n) is 8.66. The minimum Gasteiger partial charge on any atom is -0.497 e. The second-order valence-corrected chi connectivity index (χ2v) is 5.95. The Hall–Kier alpha value is -3.74. The van der Waals surface area contributed by atoms with E-state index in [1.165, 1.54) is 34.5 Å². The van der Waals surface area contributed by atoms with E-state index in [2.05, 4.69) is 0 Å². The predicted octanol–water partition coefficient (Wildman–Crippen LogP) is 3.45. The Bertz CT molecular complexity index is 1100. The quantitative estimate of drug-likeness (QED) is 0.466. The lowest BCUT2D eigenvalue weighted by Crippen LogP contribution is -2.12. The Morgan fingerprint density at radius 3 is 2.03 bits per heavy atom. The molecule has 0 unspecified atom stereocenters. The molecule has 0 spiro atoms. The average molecular weight is 396 g/mol. The van der Waals surface area contributed by atoms with Crippen LogP contribution in [0.25, 0.3) is 10.8 Å². The average Bonchev–Trinajstić information content (AvgIpc) is 2.91. The van der Waals surface area contributed by atoms with Crippen molar-refractivity contribution >= 4 is 16.7 Å². The van der Waals surface area contributed by atoms with Gasteiger partial charge >= 0.3 is 5.97 Å². The summed E-state index contributed by atoms with van der Waals surface area (Å²) in [5, 5.41) is 0.653. The molecule has 0 fully saturated rings. The minimum atomic E-state index is -0.662. The summed E-state index contributed by atoms with van der Waals surface area (Å²) in [6, 6.07) is 13.0. The molecule has 7 heteroatoms. The highest BCUT2D eigenvalue weighted by Crippen LogP contribution is 2.42. The summed E-state index contributed by atoms with van der Waals surface area (Å²) in [6.07, 6.45) is 0. The number of methoxy groups -OCH3 is 4. The lowest BCUT2D eigenvalue weighted by molar-refractivity contribution is 0.0731. The Labute approximate surface area is 167 Å². The van der Waals surface area contributed by atoms with Crippen LogP contribution in [0.5, 0.6) is 28.7 Å².